The fraction of sp³-hybridized carbons (Fsp3) is 0.455. The number of rotatable bonds is 6. The summed E-state index contributed by atoms with van der Waals surface area (Å²) in [7, 11) is 3.75. The third-order valence-corrected chi connectivity index (χ3v) is 5.34. The molecule has 0 saturated carbocycles. The molecule has 1 heterocycles. The van der Waals surface area contributed by atoms with Crippen LogP contribution >= 0.6 is 0 Å². The molecule has 1 aliphatic heterocycles. The number of amides is 2. The van der Waals surface area contributed by atoms with Crippen LogP contribution < -0.4 is 5.32 Å². The second kappa shape index (κ2) is 10.6. The van der Waals surface area contributed by atoms with Crippen LogP contribution in [0.4, 0.5) is 10.5 Å². The Bertz CT molecular complexity index is 863. The van der Waals surface area contributed by atoms with Gasteiger partial charge in [-0.3, -0.25) is 14.5 Å². The first kappa shape index (κ1) is 23.9. The third-order valence-electron chi connectivity index (χ3n) is 5.34. The van der Waals surface area contributed by atoms with Crippen molar-refractivity contribution in [3.05, 3.63) is 35.4 Å². The van der Waals surface area contributed by atoms with E-state index in [4.69, 9.17) is 14.2 Å². The van der Waals surface area contributed by atoms with E-state index in [0.29, 0.717) is 5.69 Å². The highest BCUT2D eigenvalue weighted by Crippen LogP contribution is 2.39. The van der Waals surface area contributed by atoms with Crippen molar-refractivity contribution >= 4 is 35.7 Å². The quantitative estimate of drug-likeness (QED) is 0.543. The second-order valence-corrected chi connectivity index (χ2v) is 7.33. The van der Waals surface area contributed by atoms with E-state index in [1.54, 1.807) is 12.1 Å². The zero-order valence-electron chi connectivity index (χ0n) is 18.3. The van der Waals surface area contributed by atoms with E-state index < -0.39 is 30.0 Å². The predicted molar refractivity (Wildman–Crippen MR) is 113 cm³/mol. The lowest BCUT2D eigenvalue weighted by atomic mass is 9.82. The van der Waals surface area contributed by atoms with Crippen LogP contribution in [0.3, 0.4) is 0 Å². The molecular weight excluding hydrogens is 404 g/mol. The molecule has 0 spiro atoms. The lowest BCUT2D eigenvalue weighted by Gasteiger charge is -2.25. The van der Waals surface area contributed by atoms with Gasteiger partial charge in [-0.2, -0.15) is 0 Å². The molecule has 1 aromatic carbocycles. The highest BCUT2D eigenvalue weighted by atomic mass is 16.5. The molecule has 0 radical (unpaired) electrons. The SMILES string of the molecule is COC(=O)C[C@H]1[C@@H](/C(C)=C/c2ccc(NC(C)=O)cc2)CN(C(=O)OC)[C@@H]1C(=O)OC. The van der Waals surface area contributed by atoms with Gasteiger partial charge < -0.3 is 19.5 Å². The summed E-state index contributed by atoms with van der Waals surface area (Å²) >= 11 is 0. The Morgan fingerprint density at radius 3 is 2.19 bits per heavy atom. The van der Waals surface area contributed by atoms with Crippen molar-refractivity contribution in [1.29, 1.82) is 0 Å². The molecule has 168 valence electrons. The van der Waals surface area contributed by atoms with E-state index in [1.165, 1.54) is 33.2 Å². The van der Waals surface area contributed by atoms with Crippen molar-refractivity contribution in [2.24, 2.45) is 11.8 Å². The monoisotopic (exact) mass is 432 g/mol. The van der Waals surface area contributed by atoms with E-state index in [2.05, 4.69) is 5.32 Å². The molecule has 1 aliphatic rings. The molecule has 0 unspecified atom stereocenters. The van der Waals surface area contributed by atoms with Crippen molar-refractivity contribution < 1.29 is 33.4 Å². The molecule has 9 heteroatoms. The molecular formula is C22H28N2O7. The molecule has 1 fully saturated rings. The molecule has 1 aromatic rings. The zero-order chi connectivity index (χ0) is 23.1. The first-order chi connectivity index (χ1) is 14.7. The van der Waals surface area contributed by atoms with Gasteiger partial charge in [0.15, 0.2) is 0 Å². The Kier molecular flexibility index (Phi) is 8.18. The van der Waals surface area contributed by atoms with Crippen molar-refractivity contribution in [1.82, 2.24) is 4.90 Å². The third kappa shape index (κ3) is 5.84. The van der Waals surface area contributed by atoms with Gasteiger partial charge in [-0.15, -0.1) is 0 Å². The van der Waals surface area contributed by atoms with E-state index in [0.717, 1.165) is 11.1 Å². The van der Waals surface area contributed by atoms with Gasteiger partial charge in [0.05, 0.1) is 27.8 Å². The Balaban J connectivity index is 2.38. The van der Waals surface area contributed by atoms with E-state index in [-0.39, 0.29) is 24.8 Å². The van der Waals surface area contributed by atoms with E-state index in [9.17, 15) is 19.2 Å². The first-order valence-electron chi connectivity index (χ1n) is 9.76. The molecule has 2 amide bonds. The molecule has 0 aromatic heterocycles. The van der Waals surface area contributed by atoms with Gasteiger partial charge in [-0.25, -0.2) is 9.59 Å². The normalized spacial score (nSPS) is 20.7. The topological polar surface area (TPSA) is 111 Å². The number of methoxy groups -OCH3 is 3. The summed E-state index contributed by atoms with van der Waals surface area (Å²) in [6.45, 7) is 3.51. The van der Waals surface area contributed by atoms with E-state index >= 15 is 0 Å². The van der Waals surface area contributed by atoms with Gasteiger partial charge in [0.1, 0.15) is 6.04 Å². The summed E-state index contributed by atoms with van der Waals surface area (Å²) in [5.74, 6) is -2.09. The molecule has 2 rings (SSSR count). The average Bonchev–Trinajstić information content (AvgIpc) is 3.12. The van der Waals surface area contributed by atoms with Crippen LogP contribution in [0.1, 0.15) is 25.8 Å². The number of anilines is 1. The maximum Gasteiger partial charge on any atom is 0.410 e. The van der Waals surface area contributed by atoms with Crippen molar-refractivity contribution in [2.75, 3.05) is 33.2 Å². The Morgan fingerprint density at radius 1 is 1.03 bits per heavy atom. The summed E-state index contributed by atoms with van der Waals surface area (Å²) in [6.07, 6.45) is 1.20. The van der Waals surface area contributed by atoms with Gasteiger partial charge in [-0.1, -0.05) is 23.8 Å². The average molecular weight is 432 g/mol. The van der Waals surface area contributed by atoms with Crippen LogP contribution in [-0.4, -0.2) is 62.8 Å². The maximum atomic E-state index is 12.5. The number of nitrogens with zero attached hydrogens (tertiary/aromatic N) is 1. The minimum atomic E-state index is -0.966. The number of hydrogen-bond donors (Lipinski definition) is 1. The number of nitrogens with one attached hydrogen (secondary N) is 1. The van der Waals surface area contributed by atoms with Gasteiger partial charge in [0, 0.05) is 31.0 Å². The summed E-state index contributed by atoms with van der Waals surface area (Å²) in [5.41, 5.74) is 2.42. The minimum absolute atomic E-state index is 0.0545. The van der Waals surface area contributed by atoms with Crippen molar-refractivity contribution in [2.45, 2.75) is 26.3 Å². The van der Waals surface area contributed by atoms with E-state index in [1.807, 2.05) is 25.1 Å². The number of ether oxygens (including phenoxy) is 3. The lowest BCUT2D eigenvalue weighted by Crippen LogP contribution is -2.44. The first-order valence-corrected chi connectivity index (χ1v) is 9.76. The van der Waals surface area contributed by atoms with Crippen LogP contribution in [0.25, 0.3) is 6.08 Å². The van der Waals surface area contributed by atoms with Gasteiger partial charge in [0.2, 0.25) is 5.91 Å². The summed E-state index contributed by atoms with van der Waals surface area (Å²) < 4.78 is 14.5. The molecule has 31 heavy (non-hydrogen) atoms. The number of benzene rings is 1. The molecule has 9 nitrogen and oxygen atoms in total. The van der Waals surface area contributed by atoms with Crippen LogP contribution in [0.15, 0.2) is 29.8 Å². The standard InChI is InChI=1S/C22H28N2O7/c1-13(10-15-6-8-16(9-7-15)23-14(2)25)18-12-24(22(28)31-5)20(21(27)30-4)17(18)11-19(26)29-3/h6-10,17-18,20H,11-12H2,1-5H3,(H,23,25)/b13-10+/t17-,18+,20-/m0/s1. The molecule has 0 bridgehead atoms. The lowest BCUT2D eigenvalue weighted by molar-refractivity contribution is -0.148. The van der Waals surface area contributed by atoms with Crippen molar-refractivity contribution in [3.63, 3.8) is 0 Å². The summed E-state index contributed by atoms with van der Waals surface area (Å²) in [4.78, 5) is 49.4. The van der Waals surface area contributed by atoms with Crippen LogP contribution in [0.5, 0.6) is 0 Å². The molecule has 1 N–H and O–H groups in total. The Morgan fingerprint density at radius 2 is 1.68 bits per heavy atom. The van der Waals surface area contributed by atoms with Crippen LogP contribution in [0, 0.1) is 11.8 Å². The van der Waals surface area contributed by atoms with Gasteiger partial charge >= 0.3 is 18.0 Å². The Hall–Kier alpha value is -3.36. The van der Waals surface area contributed by atoms with Gasteiger partial charge in [0.25, 0.3) is 0 Å². The fourth-order valence-corrected chi connectivity index (χ4v) is 3.89. The predicted octanol–water partition coefficient (Wildman–Crippen LogP) is 2.47. The minimum Gasteiger partial charge on any atom is -0.469 e. The number of carbonyl (C=O) groups excluding carboxylic acids is 4. The summed E-state index contributed by atoms with van der Waals surface area (Å²) in [5, 5.41) is 2.70. The highest BCUT2D eigenvalue weighted by molar-refractivity contribution is 5.88. The largest absolute Gasteiger partial charge is 0.469 e. The van der Waals surface area contributed by atoms with Crippen LogP contribution in [-0.2, 0) is 28.6 Å². The highest BCUT2D eigenvalue weighted by Gasteiger charge is 2.50. The second-order valence-electron chi connectivity index (χ2n) is 7.33. The van der Waals surface area contributed by atoms with Crippen LogP contribution in [0.2, 0.25) is 0 Å². The number of esters is 2. The number of hydrogen-bond acceptors (Lipinski definition) is 7. The smallest absolute Gasteiger partial charge is 0.410 e. The molecule has 3 atom stereocenters. The maximum absolute atomic E-state index is 12.5. The molecule has 0 aliphatic carbocycles. The van der Waals surface area contributed by atoms with Gasteiger partial charge in [-0.05, 0) is 24.6 Å². The number of likely N-dealkylation sites (tertiary alicyclic amines) is 1. The van der Waals surface area contributed by atoms with Crippen molar-refractivity contribution in [3.8, 4) is 0 Å². The fourth-order valence-electron chi connectivity index (χ4n) is 3.89. The zero-order valence-corrected chi connectivity index (χ0v) is 18.3. The Labute approximate surface area is 181 Å². The number of carbonyl (C=O) groups is 4. The summed E-state index contributed by atoms with van der Waals surface area (Å²) in [6, 6.07) is 6.27. The molecule has 1 saturated heterocycles.